The molecule has 0 aliphatic carbocycles. The Morgan fingerprint density at radius 1 is 1.56 bits per heavy atom. The first-order valence-corrected chi connectivity index (χ1v) is 3.46. The molecule has 56 valence electrons. The Hall–Kier alpha value is 0.0500. The van der Waals surface area contributed by atoms with E-state index in [1.165, 1.54) is 6.92 Å². The van der Waals surface area contributed by atoms with Crippen LogP contribution in [0.25, 0.3) is 0 Å². The number of hydrogen-bond donors (Lipinski definition) is 3. The number of hydrogen-bond acceptors (Lipinski definition) is 4. The highest BCUT2D eigenvalue weighted by atomic mass is 32.2. The van der Waals surface area contributed by atoms with Gasteiger partial charge in [-0.2, -0.15) is 4.21 Å². The van der Waals surface area contributed by atoms with E-state index in [-0.39, 0.29) is 17.2 Å². The summed E-state index contributed by atoms with van der Waals surface area (Å²) in [6.07, 6.45) is 0. The summed E-state index contributed by atoms with van der Waals surface area (Å²) in [5.41, 5.74) is 0. The van der Waals surface area contributed by atoms with Gasteiger partial charge in [-0.05, 0) is 0 Å². The molecule has 5 nitrogen and oxygen atoms in total. The highest BCUT2D eigenvalue weighted by Crippen LogP contribution is 1.87. The molecule has 0 bridgehead atoms. The molecule has 3 N–H and O–H groups in total. The van der Waals surface area contributed by atoms with Gasteiger partial charge in [0.15, 0.2) is 0 Å². The van der Waals surface area contributed by atoms with Gasteiger partial charge in [0.05, 0.1) is 12.0 Å². The Morgan fingerprint density at radius 2 is 1.67 bits per heavy atom. The highest BCUT2D eigenvalue weighted by molar-refractivity contribution is 8.08. The van der Waals surface area contributed by atoms with Gasteiger partial charge in [0.25, 0.3) is 11.4 Å². The molecular weight excluding hydrogens is 168 g/mol. The molecule has 0 spiro atoms. The second kappa shape index (κ2) is 8.05. The standard InChI is InChI=1S/C2H4O2S.H2O3S/c1-2(3)5-4;1-4(2)3/h4H,1H3;(H2,1,2,3). The molecular formula is C2H6O5S2. The van der Waals surface area contributed by atoms with Crippen molar-refractivity contribution in [1.29, 1.82) is 0 Å². The summed E-state index contributed by atoms with van der Waals surface area (Å²) in [6, 6.07) is 0. The molecule has 0 aromatic carbocycles. The summed E-state index contributed by atoms with van der Waals surface area (Å²) in [7, 11) is 0. The van der Waals surface area contributed by atoms with Crippen molar-refractivity contribution >= 4 is 28.5 Å². The molecule has 0 aliphatic heterocycles. The van der Waals surface area contributed by atoms with Crippen molar-refractivity contribution in [3.8, 4) is 0 Å². The van der Waals surface area contributed by atoms with Crippen LogP contribution in [0.5, 0.6) is 0 Å². The summed E-state index contributed by atoms with van der Waals surface area (Å²) in [4.78, 5) is 9.53. The number of carbonyl (C=O) groups is 1. The summed E-state index contributed by atoms with van der Waals surface area (Å²) in [5, 5.41) is -0.273. The Balaban J connectivity index is 0. The maximum absolute atomic E-state index is 9.53. The largest absolute Gasteiger partial charge is 0.323 e. The molecule has 0 aromatic rings. The lowest BCUT2D eigenvalue weighted by atomic mass is 10.9. The molecule has 0 atom stereocenters. The fourth-order valence-corrected chi connectivity index (χ4v) is 0. The highest BCUT2D eigenvalue weighted by Gasteiger charge is 1.80. The van der Waals surface area contributed by atoms with Crippen molar-refractivity contribution in [2.24, 2.45) is 0 Å². The molecule has 9 heavy (non-hydrogen) atoms. The third-order valence-electron chi connectivity index (χ3n) is 0.129. The molecule has 0 saturated heterocycles. The quantitative estimate of drug-likeness (QED) is 0.364. The van der Waals surface area contributed by atoms with E-state index in [4.69, 9.17) is 17.9 Å². The van der Waals surface area contributed by atoms with Crippen LogP contribution < -0.4 is 0 Å². The average Bonchev–Trinajstić information content (AvgIpc) is 1.65. The van der Waals surface area contributed by atoms with E-state index >= 15 is 0 Å². The van der Waals surface area contributed by atoms with Crippen molar-refractivity contribution in [1.82, 2.24) is 0 Å². The fourth-order valence-electron chi connectivity index (χ4n) is 0. The predicted molar refractivity (Wildman–Crippen MR) is 34.3 cm³/mol. The maximum Gasteiger partial charge on any atom is 0.299 e. The zero-order valence-electron chi connectivity index (χ0n) is 4.47. The minimum absolute atomic E-state index is 0.241. The molecule has 0 radical (unpaired) electrons. The molecule has 0 aliphatic rings. The molecule has 0 unspecified atom stereocenters. The summed E-state index contributed by atoms with van der Waals surface area (Å²) in [6.45, 7) is 1.30. The zero-order chi connectivity index (χ0) is 7.86. The van der Waals surface area contributed by atoms with E-state index in [1.807, 2.05) is 0 Å². The first-order valence-electron chi connectivity index (χ1n) is 1.62. The summed E-state index contributed by atoms with van der Waals surface area (Å²) >= 11 is -2.37. The summed E-state index contributed by atoms with van der Waals surface area (Å²) in [5.74, 6) is 0. The van der Waals surface area contributed by atoms with Crippen LogP contribution >= 0.6 is 12.0 Å². The van der Waals surface area contributed by atoms with Crippen LogP contribution in [-0.4, -0.2) is 23.0 Å². The van der Waals surface area contributed by atoms with E-state index in [2.05, 4.69) is 0 Å². The van der Waals surface area contributed by atoms with Crippen molar-refractivity contribution in [2.45, 2.75) is 6.92 Å². The molecule has 0 saturated carbocycles. The van der Waals surface area contributed by atoms with Gasteiger partial charge in [0, 0.05) is 6.92 Å². The SMILES string of the molecule is CC(=O)SO.O=S(O)O. The normalized spacial score (nSPS) is 8.11. The lowest BCUT2D eigenvalue weighted by Gasteiger charge is -1.70. The van der Waals surface area contributed by atoms with E-state index < -0.39 is 11.4 Å². The van der Waals surface area contributed by atoms with Crippen LogP contribution in [0.4, 0.5) is 0 Å². The van der Waals surface area contributed by atoms with Crippen LogP contribution in [0.15, 0.2) is 0 Å². The Morgan fingerprint density at radius 3 is 1.67 bits per heavy atom. The maximum atomic E-state index is 9.53. The van der Waals surface area contributed by atoms with Crippen LogP contribution in [0.2, 0.25) is 0 Å². The minimum atomic E-state index is -2.61. The lowest BCUT2D eigenvalue weighted by Crippen LogP contribution is -1.74. The first kappa shape index (κ1) is 11.8. The second-order valence-corrected chi connectivity index (χ2v) is 2.03. The van der Waals surface area contributed by atoms with Gasteiger partial charge in [-0.1, -0.05) is 0 Å². The Kier molecular flexibility index (Phi) is 10.6. The topological polar surface area (TPSA) is 94.8 Å². The van der Waals surface area contributed by atoms with Crippen LogP contribution in [-0.2, 0) is 16.2 Å². The van der Waals surface area contributed by atoms with Crippen molar-refractivity contribution in [3.63, 3.8) is 0 Å². The minimum Gasteiger partial charge on any atom is -0.323 e. The third-order valence-corrected chi connectivity index (χ3v) is 0.386. The zero-order valence-corrected chi connectivity index (χ0v) is 6.11. The van der Waals surface area contributed by atoms with E-state index in [9.17, 15) is 4.79 Å². The molecule has 0 heterocycles. The van der Waals surface area contributed by atoms with Crippen LogP contribution in [0.1, 0.15) is 6.92 Å². The van der Waals surface area contributed by atoms with E-state index in [0.717, 1.165) is 0 Å². The second-order valence-electron chi connectivity index (χ2n) is 0.814. The van der Waals surface area contributed by atoms with E-state index in [0.29, 0.717) is 0 Å². The monoisotopic (exact) mass is 174 g/mol. The van der Waals surface area contributed by atoms with Gasteiger partial charge in [-0.3, -0.25) is 13.9 Å². The summed E-state index contributed by atoms with van der Waals surface area (Å²) < 4.78 is 30.5. The smallest absolute Gasteiger partial charge is 0.299 e. The molecule has 0 fully saturated rings. The third kappa shape index (κ3) is 70.1. The van der Waals surface area contributed by atoms with Gasteiger partial charge in [-0.15, -0.1) is 0 Å². The van der Waals surface area contributed by atoms with Crippen molar-refractivity contribution < 1.29 is 22.7 Å². The molecule has 0 amide bonds. The molecule has 0 rings (SSSR count). The Bertz CT molecular complexity index is 97.1. The van der Waals surface area contributed by atoms with Gasteiger partial charge in [0.1, 0.15) is 0 Å². The fraction of sp³-hybridized carbons (Fsp3) is 0.500. The van der Waals surface area contributed by atoms with Crippen LogP contribution in [0.3, 0.4) is 0 Å². The van der Waals surface area contributed by atoms with Gasteiger partial charge in [-0.25, -0.2) is 0 Å². The average molecular weight is 174 g/mol. The van der Waals surface area contributed by atoms with Gasteiger partial charge < -0.3 is 4.55 Å². The first-order chi connectivity index (χ1) is 4.00. The van der Waals surface area contributed by atoms with Crippen molar-refractivity contribution in [2.75, 3.05) is 0 Å². The molecule has 7 heteroatoms. The van der Waals surface area contributed by atoms with Crippen molar-refractivity contribution in [3.05, 3.63) is 0 Å². The predicted octanol–water partition coefficient (Wildman–Crippen LogP) is 0.420. The van der Waals surface area contributed by atoms with Crippen LogP contribution in [0, 0.1) is 0 Å². The Labute approximate surface area is 58.8 Å². The van der Waals surface area contributed by atoms with Gasteiger partial charge >= 0.3 is 0 Å². The lowest BCUT2D eigenvalue weighted by molar-refractivity contribution is -0.109. The molecule has 0 aromatic heterocycles. The van der Waals surface area contributed by atoms with E-state index in [1.54, 1.807) is 0 Å². The number of rotatable bonds is 0. The van der Waals surface area contributed by atoms with Gasteiger partial charge in [0.2, 0.25) is 5.12 Å². The number of carbonyl (C=O) groups excluding carboxylic acids is 1.